The Balaban J connectivity index is 1.64. The van der Waals surface area contributed by atoms with Gasteiger partial charge in [-0.1, -0.05) is 39.5 Å². The highest BCUT2D eigenvalue weighted by atomic mass is 16.5. The molecule has 2 aliphatic rings. The predicted molar refractivity (Wildman–Crippen MR) is 117 cm³/mol. The molecule has 3 rings (SSSR count). The lowest BCUT2D eigenvalue weighted by molar-refractivity contribution is -0.125. The first kappa shape index (κ1) is 22.4. The zero-order valence-corrected chi connectivity index (χ0v) is 18.7. The Hall–Kier alpha value is -2.24. The summed E-state index contributed by atoms with van der Waals surface area (Å²) in [6, 6.07) is 4.64. The van der Waals surface area contributed by atoms with Gasteiger partial charge in [0.15, 0.2) is 0 Å². The monoisotopic (exact) mass is 416 g/mol. The molecule has 30 heavy (non-hydrogen) atoms. The van der Waals surface area contributed by atoms with Gasteiger partial charge >= 0.3 is 0 Å². The average molecular weight is 417 g/mol. The highest BCUT2D eigenvalue weighted by Crippen LogP contribution is 2.40. The van der Waals surface area contributed by atoms with E-state index in [4.69, 9.17) is 9.47 Å². The second-order valence-corrected chi connectivity index (χ2v) is 9.12. The van der Waals surface area contributed by atoms with Crippen LogP contribution >= 0.6 is 0 Å². The van der Waals surface area contributed by atoms with Gasteiger partial charge in [0.1, 0.15) is 17.5 Å². The predicted octanol–water partition coefficient (Wildman–Crippen LogP) is 3.93. The molecule has 1 aromatic carbocycles. The van der Waals surface area contributed by atoms with E-state index in [1.807, 2.05) is 13.8 Å². The number of carbonyl (C=O) groups is 2. The third-order valence-electron chi connectivity index (χ3n) is 6.74. The standard InChI is InChI=1S/C24H36N2O4/c1-15(2)22(26-23(27)18-12-20(29-3)14-21(13-18)30-4)24(28)25-19-10-9-16-7-5-6-8-17(16)11-19/h12-17,19,22H,5-11H2,1-4H3,(H,25,28)(H,26,27)/t16-,17-,19-,22+/m1/s1. The molecule has 6 nitrogen and oxygen atoms in total. The van der Waals surface area contributed by atoms with Gasteiger partial charge in [-0.25, -0.2) is 0 Å². The van der Waals surface area contributed by atoms with Gasteiger partial charge in [0.2, 0.25) is 5.91 Å². The van der Waals surface area contributed by atoms with Crippen LogP contribution in [0.4, 0.5) is 0 Å². The summed E-state index contributed by atoms with van der Waals surface area (Å²) in [5.74, 6) is 2.24. The molecule has 166 valence electrons. The van der Waals surface area contributed by atoms with Crippen molar-refractivity contribution in [3.05, 3.63) is 23.8 Å². The average Bonchev–Trinajstić information content (AvgIpc) is 2.76. The molecule has 0 heterocycles. The summed E-state index contributed by atoms with van der Waals surface area (Å²) in [6.07, 6.45) is 8.63. The number of amides is 2. The maximum absolute atomic E-state index is 13.1. The fourth-order valence-corrected chi connectivity index (χ4v) is 4.99. The third-order valence-corrected chi connectivity index (χ3v) is 6.74. The molecule has 2 N–H and O–H groups in total. The molecule has 0 spiro atoms. The first-order valence-electron chi connectivity index (χ1n) is 11.3. The molecule has 1 aromatic rings. The quantitative estimate of drug-likeness (QED) is 0.706. The van der Waals surface area contributed by atoms with Crippen LogP contribution in [0.15, 0.2) is 18.2 Å². The van der Waals surface area contributed by atoms with Gasteiger partial charge < -0.3 is 20.1 Å². The van der Waals surface area contributed by atoms with Crippen molar-refractivity contribution in [3.63, 3.8) is 0 Å². The molecular weight excluding hydrogens is 380 g/mol. The van der Waals surface area contributed by atoms with Crippen LogP contribution in [-0.2, 0) is 4.79 Å². The number of nitrogens with one attached hydrogen (secondary N) is 2. The third kappa shape index (κ3) is 5.46. The molecule has 2 saturated carbocycles. The van der Waals surface area contributed by atoms with E-state index in [-0.39, 0.29) is 23.8 Å². The molecule has 2 fully saturated rings. The maximum Gasteiger partial charge on any atom is 0.252 e. The number of ether oxygens (including phenoxy) is 2. The number of carbonyl (C=O) groups excluding carboxylic acids is 2. The van der Waals surface area contributed by atoms with E-state index in [2.05, 4.69) is 10.6 Å². The van der Waals surface area contributed by atoms with Crippen molar-refractivity contribution < 1.29 is 19.1 Å². The number of rotatable bonds is 7. The summed E-state index contributed by atoms with van der Waals surface area (Å²) in [5.41, 5.74) is 0.410. The lowest BCUT2D eigenvalue weighted by Crippen LogP contribution is -2.53. The van der Waals surface area contributed by atoms with Gasteiger partial charge in [0.25, 0.3) is 5.91 Å². The Morgan fingerprint density at radius 2 is 1.57 bits per heavy atom. The number of hydrogen-bond donors (Lipinski definition) is 2. The fourth-order valence-electron chi connectivity index (χ4n) is 4.99. The van der Waals surface area contributed by atoms with Crippen LogP contribution in [0.5, 0.6) is 11.5 Å². The molecule has 0 aliphatic heterocycles. The van der Waals surface area contributed by atoms with Crippen molar-refractivity contribution in [1.29, 1.82) is 0 Å². The van der Waals surface area contributed by atoms with E-state index in [1.54, 1.807) is 32.4 Å². The van der Waals surface area contributed by atoms with E-state index in [1.165, 1.54) is 32.1 Å². The number of benzene rings is 1. The van der Waals surface area contributed by atoms with Crippen molar-refractivity contribution in [1.82, 2.24) is 10.6 Å². The van der Waals surface area contributed by atoms with Gasteiger partial charge in [-0.2, -0.15) is 0 Å². The smallest absolute Gasteiger partial charge is 0.252 e. The van der Waals surface area contributed by atoms with Gasteiger partial charge in [-0.3, -0.25) is 9.59 Å². The molecule has 0 saturated heterocycles. The lowest BCUT2D eigenvalue weighted by atomic mass is 9.69. The molecule has 4 atom stereocenters. The van der Waals surface area contributed by atoms with E-state index in [9.17, 15) is 9.59 Å². The number of hydrogen-bond acceptors (Lipinski definition) is 4. The van der Waals surface area contributed by atoms with Crippen LogP contribution in [0.3, 0.4) is 0 Å². The van der Waals surface area contributed by atoms with Crippen LogP contribution in [0.25, 0.3) is 0 Å². The van der Waals surface area contributed by atoms with Crippen molar-refractivity contribution >= 4 is 11.8 Å². The summed E-state index contributed by atoms with van der Waals surface area (Å²) in [6.45, 7) is 3.91. The molecule has 2 amide bonds. The Morgan fingerprint density at radius 3 is 2.17 bits per heavy atom. The number of methoxy groups -OCH3 is 2. The van der Waals surface area contributed by atoms with Crippen LogP contribution in [0.1, 0.15) is 69.2 Å². The lowest BCUT2D eigenvalue weighted by Gasteiger charge is -2.40. The summed E-state index contributed by atoms with van der Waals surface area (Å²) >= 11 is 0. The minimum absolute atomic E-state index is 0.0209. The largest absolute Gasteiger partial charge is 0.497 e. The fraction of sp³-hybridized carbons (Fsp3) is 0.667. The van der Waals surface area contributed by atoms with Crippen LogP contribution in [-0.4, -0.2) is 38.1 Å². The zero-order valence-electron chi connectivity index (χ0n) is 18.7. The molecule has 6 heteroatoms. The molecule has 0 bridgehead atoms. The molecule has 0 unspecified atom stereocenters. The summed E-state index contributed by atoms with van der Waals surface area (Å²) in [7, 11) is 3.09. The second kappa shape index (κ2) is 10.2. The normalized spacial score (nSPS) is 24.5. The Morgan fingerprint density at radius 1 is 0.933 bits per heavy atom. The van der Waals surface area contributed by atoms with Crippen LogP contribution < -0.4 is 20.1 Å². The number of fused-ring (bicyclic) bond motifs is 1. The molecule has 0 aromatic heterocycles. The SMILES string of the molecule is COc1cc(OC)cc(C(=O)N[C@H](C(=O)N[C@@H]2CC[C@H]3CCCC[C@@H]3C2)C(C)C)c1. The van der Waals surface area contributed by atoms with E-state index in [0.717, 1.165) is 24.7 Å². The topological polar surface area (TPSA) is 76.7 Å². The minimum atomic E-state index is -0.584. The van der Waals surface area contributed by atoms with Crippen molar-refractivity contribution in [2.45, 2.75) is 70.9 Å². The maximum atomic E-state index is 13.1. The van der Waals surface area contributed by atoms with Crippen molar-refractivity contribution in [2.75, 3.05) is 14.2 Å². The van der Waals surface area contributed by atoms with Crippen LogP contribution in [0, 0.1) is 17.8 Å². The molecule has 2 aliphatic carbocycles. The Labute approximate surface area is 180 Å². The first-order chi connectivity index (χ1) is 14.4. The summed E-state index contributed by atoms with van der Waals surface area (Å²) < 4.78 is 10.5. The van der Waals surface area contributed by atoms with Gasteiger partial charge in [0, 0.05) is 17.7 Å². The summed E-state index contributed by atoms with van der Waals surface area (Å²) in [4.78, 5) is 25.9. The molecule has 0 radical (unpaired) electrons. The van der Waals surface area contributed by atoms with E-state index >= 15 is 0 Å². The van der Waals surface area contributed by atoms with Gasteiger partial charge in [-0.15, -0.1) is 0 Å². The Kier molecular flexibility index (Phi) is 7.62. The van der Waals surface area contributed by atoms with E-state index < -0.39 is 6.04 Å². The second-order valence-electron chi connectivity index (χ2n) is 9.12. The van der Waals surface area contributed by atoms with Gasteiger partial charge in [0.05, 0.1) is 14.2 Å². The Bertz CT molecular complexity index is 726. The van der Waals surface area contributed by atoms with E-state index in [0.29, 0.717) is 17.1 Å². The zero-order chi connectivity index (χ0) is 21.7. The van der Waals surface area contributed by atoms with Crippen LogP contribution in [0.2, 0.25) is 0 Å². The minimum Gasteiger partial charge on any atom is -0.497 e. The van der Waals surface area contributed by atoms with Gasteiger partial charge in [-0.05, 0) is 49.1 Å². The highest BCUT2D eigenvalue weighted by Gasteiger charge is 2.34. The summed E-state index contributed by atoms with van der Waals surface area (Å²) in [5, 5.41) is 6.15. The highest BCUT2D eigenvalue weighted by molar-refractivity contribution is 5.98. The van der Waals surface area contributed by atoms with Crippen molar-refractivity contribution in [3.8, 4) is 11.5 Å². The first-order valence-corrected chi connectivity index (χ1v) is 11.3. The molecular formula is C24H36N2O4. The van der Waals surface area contributed by atoms with Crippen molar-refractivity contribution in [2.24, 2.45) is 17.8 Å².